The van der Waals surface area contributed by atoms with Gasteiger partial charge in [-0.1, -0.05) is 18.5 Å². The van der Waals surface area contributed by atoms with Gasteiger partial charge in [0.1, 0.15) is 0 Å². The van der Waals surface area contributed by atoms with Gasteiger partial charge in [-0.25, -0.2) is 4.98 Å². The van der Waals surface area contributed by atoms with E-state index in [0.29, 0.717) is 24.4 Å². The van der Waals surface area contributed by atoms with Gasteiger partial charge < -0.3 is 14.2 Å². The fourth-order valence-corrected chi connectivity index (χ4v) is 3.76. The van der Waals surface area contributed by atoms with E-state index in [1.54, 1.807) is 6.20 Å². The molecule has 2 aromatic rings. The van der Waals surface area contributed by atoms with E-state index in [1.165, 1.54) is 0 Å². The maximum Gasteiger partial charge on any atom is 0.257 e. The molecule has 2 atom stereocenters. The summed E-state index contributed by atoms with van der Waals surface area (Å²) in [7, 11) is 0. The number of fused-ring (bicyclic) bond motifs is 2. The highest BCUT2D eigenvalue weighted by Crippen LogP contribution is 2.31. The summed E-state index contributed by atoms with van der Waals surface area (Å²) in [4.78, 5) is 19.2. The molecule has 1 saturated carbocycles. The Morgan fingerprint density at radius 3 is 3.22 bits per heavy atom. The summed E-state index contributed by atoms with van der Waals surface area (Å²) in [5.41, 5.74) is 2.00. The third kappa shape index (κ3) is 2.51. The maximum atomic E-state index is 13.0. The van der Waals surface area contributed by atoms with Crippen LogP contribution in [-0.2, 0) is 11.2 Å². The molecule has 4 rings (SSSR count). The molecule has 23 heavy (non-hydrogen) atoms. The normalized spacial score (nSPS) is 24.1. The van der Waals surface area contributed by atoms with Crippen LogP contribution in [0.4, 0.5) is 0 Å². The van der Waals surface area contributed by atoms with Crippen molar-refractivity contribution in [3.63, 3.8) is 0 Å². The van der Waals surface area contributed by atoms with Gasteiger partial charge in [-0.15, -0.1) is 0 Å². The first-order chi connectivity index (χ1) is 11.3. The van der Waals surface area contributed by atoms with Crippen LogP contribution in [0.1, 0.15) is 48.7 Å². The highest BCUT2D eigenvalue weighted by Gasteiger charge is 2.38. The number of hydrogen-bond donors (Lipinski definition) is 0. The van der Waals surface area contributed by atoms with Crippen molar-refractivity contribution in [3.8, 4) is 0 Å². The Hall–Kier alpha value is -1.95. The number of morpholine rings is 1. The van der Waals surface area contributed by atoms with Crippen LogP contribution in [0.15, 0.2) is 16.8 Å². The molecule has 3 heterocycles. The summed E-state index contributed by atoms with van der Waals surface area (Å²) >= 11 is 0. The number of amides is 1. The summed E-state index contributed by atoms with van der Waals surface area (Å²) in [6.45, 7) is 3.37. The Bertz CT molecular complexity index is 727. The predicted molar refractivity (Wildman–Crippen MR) is 84.2 cm³/mol. The van der Waals surface area contributed by atoms with Gasteiger partial charge in [0.15, 0.2) is 0 Å². The van der Waals surface area contributed by atoms with Crippen molar-refractivity contribution >= 4 is 17.0 Å². The highest BCUT2D eigenvalue weighted by atomic mass is 16.5. The monoisotopic (exact) mass is 315 g/mol. The topological polar surface area (TPSA) is 68.5 Å². The molecule has 1 amide bonds. The summed E-state index contributed by atoms with van der Waals surface area (Å²) in [6, 6.07) is 2.09. The Balaban J connectivity index is 1.65. The van der Waals surface area contributed by atoms with Crippen molar-refractivity contribution in [3.05, 3.63) is 23.5 Å². The average molecular weight is 315 g/mol. The first kappa shape index (κ1) is 14.6. The smallest absolute Gasteiger partial charge is 0.257 e. The number of nitrogens with zero attached hydrogens (tertiary/aromatic N) is 3. The van der Waals surface area contributed by atoms with Gasteiger partial charge in [-0.2, -0.15) is 0 Å². The number of rotatable bonds is 3. The van der Waals surface area contributed by atoms with Crippen LogP contribution in [0.2, 0.25) is 0 Å². The molecule has 1 aliphatic carbocycles. The molecular weight excluding hydrogens is 294 g/mol. The van der Waals surface area contributed by atoms with Crippen molar-refractivity contribution in [1.29, 1.82) is 0 Å². The van der Waals surface area contributed by atoms with E-state index in [4.69, 9.17) is 9.26 Å². The first-order valence-electron chi connectivity index (χ1n) is 8.45. The van der Waals surface area contributed by atoms with Gasteiger partial charge in [-0.05, 0) is 31.7 Å². The van der Waals surface area contributed by atoms with Crippen LogP contribution in [0.3, 0.4) is 0 Å². The maximum absolute atomic E-state index is 13.0. The quantitative estimate of drug-likeness (QED) is 0.870. The number of hydrogen-bond acceptors (Lipinski definition) is 5. The largest absolute Gasteiger partial charge is 0.374 e. The molecule has 2 fully saturated rings. The summed E-state index contributed by atoms with van der Waals surface area (Å²) in [6.07, 6.45) is 6.82. The lowest BCUT2D eigenvalue weighted by Crippen LogP contribution is -2.51. The minimum Gasteiger partial charge on any atom is -0.374 e. The first-order valence-corrected chi connectivity index (χ1v) is 8.45. The van der Waals surface area contributed by atoms with Crippen LogP contribution in [0.25, 0.3) is 11.1 Å². The molecule has 1 aliphatic heterocycles. The average Bonchev–Trinajstić information content (AvgIpc) is 3.21. The molecule has 2 aliphatic rings. The molecule has 0 bridgehead atoms. The van der Waals surface area contributed by atoms with Crippen molar-refractivity contribution in [1.82, 2.24) is 15.0 Å². The molecule has 122 valence electrons. The van der Waals surface area contributed by atoms with Crippen LogP contribution in [0.5, 0.6) is 0 Å². The SMILES string of the molecule is CCCc1noc2ncc(C(=O)N3CCO[C@@H]4CCC[C@H]43)cc12. The van der Waals surface area contributed by atoms with Crippen molar-refractivity contribution < 1.29 is 14.1 Å². The Morgan fingerprint density at radius 1 is 1.43 bits per heavy atom. The van der Waals surface area contributed by atoms with Gasteiger partial charge in [0.05, 0.1) is 35.4 Å². The molecular formula is C17H21N3O3. The number of pyridine rings is 1. The van der Waals surface area contributed by atoms with Gasteiger partial charge in [0.25, 0.3) is 11.6 Å². The lowest BCUT2D eigenvalue weighted by atomic mass is 10.1. The molecule has 0 radical (unpaired) electrons. The lowest BCUT2D eigenvalue weighted by Gasteiger charge is -2.37. The van der Waals surface area contributed by atoms with E-state index in [-0.39, 0.29) is 18.1 Å². The van der Waals surface area contributed by atoms with E-state index < -0.39 is 0 Å². The predicted octanol–water partition coefficient (Wildman–Crippen LogP) is 2.57. The second kappa shape index (κ2) is 5.92. The summed E-state index contributed by atoms with van der Waals surface area (Å²) in [5.74, 6) is 0.0447. The van der Waals surface area contributed by atoms with Crippen molar-refractivity contribution in [2.45, 2.75) is 51.2 Å². The van der Waals surface area contributed by atoms with E-state index in [1.807, 2.05) is 11.0 Å². The van der Waals surface area contributed by atoms with E-state index in [9.17, 15) is 4.79 Å². The molecule has 6 nitrogen and oxygen atoms in total. The molecule has 6 heteroatoms. The Labute approximate surface area is 134 Å². The lowest BCUT2D eigenvalue weighted by molar-refractivity contribution is -0.0445. The minimum atomic E-state index is 0.0447. The molecule has 0 N–H and O–H groups in total. The standard InChI is InChI=1S/C17H21N3O3/c1-2-4-13-12-9-11(10-18-16(12)23-19-13)17(21)20-7-8-22-15-6-3-5-14(15)20/h9-10,14-15H,2-8H2,1H3/t14-,15-/m1/s1. The van der Waals surface area contributed by atoms with E-state index >= 15 is 0 Å². The number of ether oxygens (including phenoxy) is 1. The third-order valence-corrected chi connectivity index (χ3v) is 4.88. The third-order valence-electron chi connectivity index (χ3n) is 4.88. The van der Waals surface area contributed by atoms with Gasteiger partial charge in [-0.3, -0.25) is 4.79 Å². The van der Waals surface area contributed by atoms with Crippen LogP contribution < -0.4 is 0 Å². The summed E-state index contributed by atoms with van der Waals surface area (Å²) in [5, 5.41) is 4.92. The second-order valence-corrected chi connectivity index (χ2v) is 6.36. The van der Waals surface area contributed by atoms with Crippen molar-refractivity contribution in [2.24, 2.45) is 0 Å². The molecule has 0 spiro atoms. The number of carbonyl (C=O) groups excluding carboxylic acids is 1. The van der Waals surface area contributed by atoms with Crippen molar-refractivity contribution in [2.75, 3.05) is 13.2 Å². The second-order valence-electron chi connectivity index (χ2n) is 6.36. The molecule has 2 aromatic heterocycles. The molecule has 0 unspecified atom stereocenters. The van der Waals surface area contributed by atoms with Gasteiger partial charge in [0.2, 0.25) is 0 Å². The zero-order chi connectivity index (χ0) is 15.8. The van der Waals surface area contributed by atoms with Crippen LogP contribution in [0, 0.1) is 0 Å². The fraction of sp³-hybridized carbons (Fsp3) is 0.588. The van der Waals surface area contributed by atoms with Gasteiger partial charge in [0, 0.05) is 12.7 Å². The minimum absolute atomic E-state index is 0.0447. The number of carbonyl (C=O) groups is 1. The van der Waals surface area contributed by atoms with Crippen LogP contribution >= 0.6 is 0 Å². The fourth-order valence-electron chi connectivity index (χ4n) is 3.76. The zero-order valence-corrected chi connectivity index (χ0v) is 13.3. The van der Waals surface area contributed by atoms with Crippen LogP contribution in [-0.4, -0.2) is 46.2 Å². The van der Waals surface area contributed by atoms with Gasteiger partial charge >= 0.3 is 0 Å². The number of aromatic nitrogens is 2. The Kier molecular flexibility index (Phi) is 3.77. The molecule has 1 saturated heterocycles. The summed E-state index contributed by atoms with van der Waals surface area (Å²) < 4.78 is 11.0. The number of aryl methyl sites for hydroxylation is 1. The van der Waals surface area contributed by atoms with E-state index in [2.05, 4.69) is 17.1 Å². The zero-order valence-electron chi connectivity index (χ0n) is 13.3. The molecule has 0 aromatic carbocycles. The Morgan fingerprint density at radius 2 is 2.35 bits per heavy atom. The highest BCUT2D eigenvalue weighted by molar-refractivity contribution is 5.97. The van der Waals surface area contributed by atoms with E-state index in [0.717, 1.165) is 43.2 Å².